The van der Waals surface area contributed by atoms with Gasteiger partial charge in [-0.25, -0.2) is 19.9 Å². The minimum absolute atomic E-state index is 0.0566. The standard InChI is InChI=1S/C30H34N10O/c1-20-3-2-4-25(34-20)28-32-15-10-26(38-28)37-27-11-16-33-30(39-27)36-23-7-5-22(6-8-23)35-29(41)21-12-17-40(18-13-21)24-9-14-31-19-24/h2-8,10-11,15-16,21,24,31H,9,12-14,17-19H2,1H3,(H,35,41)(H2,32,33,36,37,38,39). The van der Waals surface area contributed by atoms with Gasteiger partial charge in [-0.3, -0.25) is 9.69 Å². The number of benzene rings is 1. The molecule has 2 aliphatic heterocycles. The van der Waals surface area contributed by atoms with Crippen molar-refractivity contribution in [3.63, 3.8) is 0 Å². The summed E-state index contributed by atoms with van der Waals surface area (Å²) in [6, 6.07) is 17.5. The first-order valence-electron chi connectivity index (χ1n) is 14.1. The highest BCUT2D eigenvalue weighted by molar-refractivity contribution is 5.92. The van der Waals surface area contributed by atoms with Gasteiger partial charge < -0.3 is 21.3 Å². The fraction of sp³-hybridized carbons (Fsp3) is 0.333. The molecule has 2 fully saturated rings. The highest BCUT2D eigenvalue weighted by Gasteiger charge is 2.30. The van der Waals surface area contributed by atoms with Gasteiger partial charge in [0.05, 0.1) is 0 Å². The number of aromatic nitrogens is 5. The third-order valence-corrected chi connectivity index (χ3v) is 7.54. The predicted molar refractivity (Wildman–Crippen MR) is 159 cm³/mol. The summed E-state index contributed by atoms with van der Waals surface area (Å²) in [5, 5.41) is 13.0. The molecule has 6 rings (SSSR count). The van der Waals surface area contributed by atoms with Crippen LogP contribution in [0, 0.1) is 12.8 Å². The quantitative estimate of drug-likeness (QED) is 0.254. The Morgan fingerprint density at radius 1 is 0.854 bits per heavy atom. The lowest BCUT2D eigenvalue weighted by Crippen LogP contribution is -2.44. The lowest BCUT2D eigenvalue weighted by molar-refractivity contribution is -0.121. The van der Waals surface area contributed by atoms with E-state index in [-0.39, 0.29) is 11.8 Å². The number of carbonyl (C=O) groups is 1. The summed E-state index contributed by atoms with van der Waals surface area (Å²) in [6.07, 6.45) is 6.38. The molecule has 4 N–H and O–H groups in total. The van der Waals surface area contributed by atoms with Gasteiger partial charge in [0.15, 0.2) is 5.82 Å². The van der Waals surface area contributed by atoms with E-state index in [9.17, 15) is 4.79 Å². The Morgan fingerprint density at radius 2 is 1.61 bits per heavy atom. The fourth-order valence-electron chi connectivity index (χ4n) is 5.33. The summed E-state index contributed by atoms with van der Waals surface area (Å²) in [4.78, 5) is 37.7. The third kappa shape index (κ3) is 6.82. The molecule has 0 bridgehead atoms. The highest BCUT2D eigenvalue weighted by atomic mass is 16.1. The smallest absolute Gasteiger partial charge is 0.229 e. The monoisotopic (exact) mass is 550 g/mol. The first-order valence-corrected chi connectivity index (χ1v) is 14.1. The number of anilines is 5. The van der Waals surface area contributed by atoms with E-state index in [0.29, 0.717) is 35.1 Å². The number of pyridine rings is 1. The van der Waals surface area contributed by atoms with Crippen molar-refractivity contribution in [2.45, 2.75) is 32.2 Å². The third-order valence-electron chi connectivity index (χ3n) is 7.54. The van der Waals surface area contributed by atoms with Gasteiger partial charge in [-0.15, -0.1) is 0 Å². The second-order valence-electron chi connectivity index (χ2n) is 10.5. The largest absolute Gasteiger partial charge is 0.326 e. The van der Waals surface area contributed by atoms with Gasteiger partial charge in [0, 0.05) is 48.0 Å². The van der Waals surface area contributed by atoms with Crippen LogP contribution in [0.4, 0.5) is 29.0 Å². The summed E-state index contributed by atoms with van der Waals surface area (Å²) < 4.78 is 0. The summed E-state index contributed by atoms with van der Waals surface area (Å²) >= 11 is 0. The highest BCUT2D eigenvalue weighted by Crippen LogP contribution is 2.24. The number of amides is 1. The van der Waals surface area contributed by atoms with Crippen molar-refractivity contribution in [2.75, 3.05) is 42.1 Å². The molecule has 0 spiro atoms. The molecule has 11 nitrogen and oxygen atoms in total. The molecule has 4 aromatic rings. The number of hydrogen-bond donors (Lipinski definition) is 4. The molecule has 1 atom stereocenters. The Labute approximate surface area is 239 Å². The van der Waals surface area contributed by atoms with Crippen LogP contribution >= 0.6 is 0 Å². The number of piperidine rings is 1. The molecular formula is C30H34N10O. The number of aryl methyl sites for hydroxylation is 1. The van der Waals surface area contributed by atoms with E-state index in [2.05, 4.69) is 51.1 Å². The lowest BCUT2D eigenvalue weighted by Gasteiger charge is -2.35. The molecule has 1 unspecified atom stereocenters. The summed E-state index contributed by atoms with van der Waals surface area (Å²) in [5.74, 6) is 2.31. The molecule has 3 aromatic heterocycles. The zero-order valence-corrected chi connectivity index (χ0v) is 23.0. The average molecular weight is 551 g/mol. The maximum Gasteiger partial charge on any atom is 0.229 e. The Morgan fingerprint density at radius 3 is 2.37 bits per heavy atom. The molecule has 0 radical (unpaired) electrons. The molecule has 41 heavy (non-hydrogen) atoms. The molecule has 0 saturated carbocycles. The van der Waals surface area contributed by atoms with Crippen molar-refractivity contribution >= 4 is 34.9 Å². The first-order chi connectivity index (χ1) is 20.1. The van der Waals surface area contributed by atoms with Gasteiger partial charge in [0.1, 0.15) is 17.3 Å². The van der Waals surface area contributed by atoms with Gasteiger partial charge in [-0.1, -0.05) is 6.07 Å². The number of carbonyl (C=O) groups excluding carboxylic acids is 1. The molecular weight excluding hydrogens is 516 g/mol. The van der Waals surface area contributed by atoms with Crippen LogP contribution in [0.15, 0.2) is 67.0 Å². The van der Waals surface area contributed by atoms with Crippen LogP contribution in [-0.4, -0.2) is 67.9 Å². The summed E-state index contributed by atoms with van der Waals surface area (Å²) in [6.45, 7) is 6.08. The van der Waals surface area contributed by atoms with E-state index >= 15 is 0 Å². The minimum Gasteiger partial charge on any atom is -0.326 e. The van der Waals surface area contributed by atoms with Crippen molar-refractivity contribution in [2.24, 2.45) is 5.92 Å². The van der Waals surface area contributed by atoms with Crippen LogP contribution in [0.5, 0.6) is 0 Å². The second kappa shape index (κ2) is 12.4. The van der Waals surface area contributed by atoms with E-state index in [1.807, 2.05) is 49.4 Å². The van der Waals surface area contributed by atoms with Crippen molar-refractivity contribution in [3.05, 3.63) is 72.7 Å². The zero-order valence-electron chi connectivity index (χ0n) is 23.0. The molecule has 210 valence electrons. The maximum absolute atomic E-state index is 12.9. The maximum atomic E-state index is 12.9. The van der Waals surface area contributed by atoms with E-state index in [1.54, 1.807) is 24.5 Å². The van der Waals surface area contributed by atoms with Gasteiger partial charge >= 0.3 is 0 Å². The zero-order chi connectivity index (χ0) is 28.0. The van der Waals surface area contributed by atoms with E-state index in [1.165, 1.54) is 6.42 Å². The molecule has 1 aromatic carbocycles. The van der Waals surface area contributed by atoms with Crippen molar-refractivity contribution in [1.82, 2.24) is 35.1 Å². The lowest BCUT2D eigenvalue weighted by atomic mass is 9.94. The number of likely N-dealkylation sites (tertiary alicyclic amines) is 1. The van der Waals surface area contributed by atoms with Gasteiger partial charge in [0.25, 0.3) is 0 Å². The molecule has 2 aliphatic rings. The van der Waals surface area contributed by atoms with Gasteiger partial charge in [-0.05, 0) is 94.4 Å². The second-order valence-corrected chi connectivity index (χ2v) is 10.5. The van der Waals surface area contributed by atoms with Crippen molar-refractivity contribution < 1.29 is 4.79 Å². The van der Waals surface area contributed by atoms with Gasteiger partial charge in [-0.2, -0.15) is 4.98 Å². The Hall–Kier alpha value is -4.48. The van der Waals surface area contributed by atoms with Gasteiger partial charge in [0.2, 0.25) is 11.9 Å². The first kappa shape index (κ1) is 26.7. The van der Waals surface area contributed by atoms with E-state index in [4.69, 9.17) is 0 Å². The molecule has 1 amide bonds. The normalized spacial score (nSPS) is 17.7. The van der Waals surface area contributed by atoms with Crippen LogP contribution in [0.1, 0.15) is 25.0 Å². The van der Waals surface area contributed by atoms with Crippen LogP contribution in [0.25, 0.3) is 11.5 Å². The Balaban J connectivity index is 1.03. The average Bonchev–Trinajstić information content (AvgIpc) is 3.54. The van der Waals surface area contributed by atoms with Crippen LogP contribution in [0.3, 0.4) is 0 Å². The van der Waals surface area contributed by atoms with Crippen molar-refractivity contribution in [3.8, 4) is 11.5 Å². The number of nitrogens with zero attached hydrogens (tertiary/aromatic N) is 6. The van der Waals surface area contributed by atoms with E-state index < -0.39 is 0 Å². The fourth-order valence-corrected chi connectivity index (χ4v) is 5.33. The predicted octanol–water partition coefficient (Wildman–Crippen LogP) is 4.14. The van der Waals surface area contributed by atoms with E-state index in [0.717, 1.165) is 56.1 Å². The molecule has 0 aliphatic carbocycles. The number of nitrogens with one attached hydrogen (secondary N) is 4. The molecule has 2 saturated heterocycles. The number of hydrogen-bond acceptors (Lipinski definition) is 10. The Kier molecular flexibility index (Phi) is 8.06. The SMILES string of the molecule is Cc1cccc(-c2nccc(Nc3ccnc(Nc4ccc(NC(=O)C5CCN(C6CCNC6)CC5)cc4)n3)n2)n1. The summed E-state index contributed by atoms with van der Waals surface area (Å²) in [7, 11) is 0. The molecule has 5 heterocycles. The van der Waals surface area contributed by atoms with Crippen LogP contribution in [0.2, 0.25) is 0 Å². The minimum atomic E-state index is 0.0566. The van der Waals surface area contributed by atoms with Crippen LogP contribution < -0.4 is 21.3 Å². The Bertz CT molecular complexity index is 1480. The summed E-state index contributed by atoms with van der Waals surface area (Å²) in [5.41, 5.74) is 3.20. The molecule has 11 heteroatoms. The topological polar surface area (TPSA) is 133 Å². The van der Waals surface area contributed by atoms with Crippen LogP contribution in [-0.2, 0) is 4.79 Å². The van der Waals surface area contributed by atoms with Crippen molar-refractivity contribution in [1.29, 1.82) is 0 Å². The number of rotatable bonds is 8.